The highest BCUT2D eigenvalue weighted by molar-refractivity contribution is 5.83. The molecule has 10 heteroatoms. The van der Waals surface area contributed by atoms with E-state index in [4.69, 9.17) is 0 Å². The van der Waals surface area contributed by atoms with Crippen molar-refractivity contribution in [2.45, 2.75) is 65.5 Å². The minimum atomic E-state index is -2.45. The predicted molar refractivity (Wildman–Crippen MR) is 157 cm³/mol. The maximum Gasteiger partial charge on any atom is 0.251 e. The fourth-order valence-corrected chi connectivity index (χ4v) is 4.97. The Morgan fingerprint density at radius 1 is 1.12 bits per heavy atom. The molecule has 0 unspecified atom stereocenters. The maximum atomic E-state index is 14.7. The van der Waals surface area contributed by atoms with Crippen LogP contribution in [-0.2, 0) is 16.0 Å². The second-order valence-corrected chi connectivity index (χ2v) is 11.2. The van der Waals surface area contributed by atoms with E-state index in [9.17, 15) is 27.6 Å². The van der Waals surface area contributed by atoms with Crippen LogP contribution in [0.25, 0.3) is 11.1 Å². The van der Waals surface area contributed by atoms with Gasteiger partial charge in [0.25, 0.3) is 12.0 Å². The van der Waals surface area contributed by atoms with Crippen LogP contribution in [0, 0.1) is 18.7 Å². The SMILES string of the molecule is CC(=O)C[C@H](NC(=O)[C@H](CC(C)C)n1cc(CCN(C)CC(F)F)ccc1=O)c1cncc(-c2c(C)cccc2F)c1. The van der Waals surface area contributed by atoms with Crippen molar-refractivity contribution in [1.82, 2.24) is 19.8 Å². The molecular formula is C32H39F3N4O3. The van der Waals surface area contributed by atoms with Crippen molar-refractivity contribution in [3.05, 3.63) is 87.9 Å². The van der Waals surface area contributed by atoms with Gasteiger partial charge in [-0.2, -0.15) is 0 Å². The van der Waals surface area contributed by atoms with Crippen LogP contribution in [0.15, 0.2) is 59.8 Å². The molecule has 0 saturated carbocycles. The number of amides is 1. The Labute approximate surface area is 244 Å². The molecular weight excluding hydrogens is 545 g/mol. The number of pyridine rings is 2. The standard InChI is InChI=1S/C32H39F3N4O3/c1-20(2)13-28(39-18-23(9-10-30(39)41)11-12-38(5)19-29(34)35)32(42)37-27(14-22(4)40)24-15-25(17-36-16-24)31-21(3)7-6-8-26(31)33/h6-10,15-18,20,27-29H,11-14,19H2,1-5H3,(H,37,42)/t27-,28-/m0/s1. The highest BCUT2D eigenvalue weighted by atomic mass is 19.3. The minimum absolute atomic E-state index is 0.0209. The van der Waals surface area contributed by atoms with Crippen molar-refractivity contribution in [2.24, 2.45) is 5.92 Å². The predicted octanol–water partition coefficient (Wildman–Crippen LogP) is 5.52. The third-order valence-corrected chi connectivity index (χ3v) is 7.04. The molecule has 0 aliphatic rings. The number of aromatic nitrogens is 2. The number of carbonyl (C=O) groups is 2. The molecule has 0 radical (unpaired) electrons. The van der Waals surface area contributed by atoms with Crippen molar-refractivity contribution in [1.29, 1.82) is 0 Å². The molecule has 0 aliphatic heterocycles. The van der Waals surface area contributed by atoms with Crippen molar-refractivity contribution in [2.75, 3.05) is 20.1 Å². The summed E-state index contributed by atoms with van der Waals surface area (Å²) in [5.74, 6) is -0.969. The third kappa shape index (κ3) is 9.11. The van der Waals surface area contributed by atoms with Crippen molar-refractivity contribution >= 4 is 11.7 Å². The van der Waals surface area contributed by atoms with Gasteiger partial charge < -0.3 is 14.8 Å². The molecule has 3 aromatic rings. The number of nitrogens with zero attached hydrogens (tertiary/aromatic N) is 3. The summed E-state index contributed by atoms with van der Waals surface area (Å²) in [5.41, 5.74) is 2.52. The quantitative estimate of drug-likeness (QED) is 0.270. The van der Waals surface area contributed by atoms with Gasteiger partial charge in [0.1, 0.15) is 17.6 Å². The fraction of sp³-hybridized carbons (Fsp3) is 0.438. The zero-order valence-electron chi connectivity index (χ0n) is 24.7. The van der Waals surface area contributed by atoms with E-state index in [2.05, 4.69) is 10.3 Å². The zero-order chi connectivity index (χ0) is 31.0. The molecule has 0 bridgehead atoms. The number of likely N-dealkylation sites (N-methyl/N-ethyl adjacent to an activating group) is 1. The number of ketones is 1. The van der Waals surface area contributed by atoms with Gasteiger partial charge in [-0.25, -0.2) is 13.2 Å². The summed E-state index contributed by atoms with van der Waals surface area (Å²) < 4.78 is 41.5. The molecule has 0 spiro atoms. The Balaban J connectivity index is 1.93. The Morgan fingerprint density at radius 2 is 1.86 bits per heavy atom. The van der Waals surface area contributed by atoms with Crippen LogP contribution in [0.2, 0.25) is 0 Å². The molecule has 2 aromatic heterocycles. The van der Waals surface area contributed by atoms with Gasteiger partial charge >= 0.3 is 0 Å². The van der Waals surface area contributed by atoms with Crippen molar-refractivity contribution in [3.63, 3.8) is 0 Å². The smallest absolute Gasteiger partial charge is 0.251 e. The van der Waals surface area contributed by atoms with Gasteiger partial charge in [0, 0.05) is 48.7 Å². The number of Topliss-reactive ketones (excluding diaryl/α,β-unsaturated/α-hetero) is 1. The zero-order valence-corrected chi connectivity index (χ0v) is 24.7. The van der Waals surface area contributed by atoms with Gasteiger partial charge in [0.15, 0.2) is 0 Å². The van der Waals surface area contributed by atoms with Crippen molar-refractivity contribution < 1.29 is 22.8 Å². The van der Waals surface area contributed by atoms with Gasteiger partial charge in [-0.3, -0.25) is 19.4 Å². The highest BCUT2D eigenvalue weighted by Gasteiger charge is 2.27. The van der Waals surface area contributed by atoms with Gasteiger partial charge in [0.05, 0.1) is 12.6 Å². The third-order valence-electron chi connectivity index (χ3n) is 7.04. The number of halogens is 3. The molecule has 3 rings (SSSR count). The average molecular weight is 585 g/mol. The van der Waals surface area contributed by atoms with Gasteiger partial charge in [-0.15, -0.1) is 0 Å². The molecule has 1 aromatic carbocycles. The summed E-state index contributed by atoms with van der Waals surface area (Å²) in [6.45, 7) is 7.08. The highest BCUT2D eigenvalue weighted by Crippen LogP contribution is 2.29. The number of benzene rings is 1. The van der Waals surface area contributed by atoms with E-state index in [1.165, 1.54) is 40.9 Å². The number of alkyl halides is 2. The summed E-state index contributed by atoms with van der Waals surface area (Å²) in [6.07, 6.45) is 2.97. The molecule has 226 valence electrons. The number of aryl methyl sites for hydroxylation is 1. The Morgan fingerprint density at radius 3 is 2.50 bits per heavy atom. The molecule has 1 amide bonds. The maximum absolute atomic E-state index is 14.7. The minimum Gasteiger partial charge on any atom is -0.347 e. The first-order valence-electron chi connectivity index (χ1n) is 14.0. The Hall–Kier alpha value is -3.79. The first-order valence-corrected chi connectivity index (χ1v) is 14.0. The van der Waals surface area contributed by atoms with E-state index in [1.807, 2.05) is 13.8 Å². The van der Waals surface area contributed by atoms with Crippen LogP contribution in [0.3, 0.4) is 0 Å². The van der Waals surface area contributed by atoms with Gasteiger partial charge in [0.2, 0.25) is 5.91 Å². The van der Waals surface area contributed by atoms with Gasteiger partial charge in [-0.05, 0) is 68.5 Å². The van der Waals surface area contributed by atoms with Crippen LogP contribution in [0.1, 0.15) is 62.4 Å². The normalized spacial score (nSPS) is 13.0. The molecule has 2 atom stereocenters. The molecule has 1 N–H and O–H groups in total. The van der Waals surface area contributed by atoms with E-state index >= 15 is 0 Å². The number of hydrogen-bond donors (Lipinski definition) is 1. The van der Waals surface area contributed by atoms with Crippen molar-refractivity contribution in [3.8, 4) is 11.1 Å². The Kier molecular flexibility index (Phi) is 11.6. The van der Waals surface area contributed by atoms with E-state index < -0.39 is 30.2 Å². The second-order valence-electron chi connectivity index (χ2n) is 11.2. The van der Waals surface area contributed by atoms with Crippen LogP contribution >= 0.6 is 0 Å². The molecule has 0 saturated heterocycles. The van der Waals surface area contributed by atoms with E-state index in [0.717, 1.165) is 11.1 Å². The van der Waals surface area contributed by atoms with Crippen LogP contribution in [0.5, 0.6) is 0 Å². The molecule has 7 nitrogen and oxygen atoms in total. The number of nitrogens with one attached hydrogen (secondary N) is 1. The molecule has 42 heavy (non-hydrogen) atoms. The molecule has 0 fully saturated rings. The number of rotatable bonds is 14. The lowest BCUT2D eigenvalue weighted by Crippen LogP contribution is -2.40. The second kappa shape index (κ2) is 14.9. The summed E-state index contributed by atoms with van der Waals surface area (Å²) in [7, 11) is 1.60. The summed E-state index contributed by atoms with van der Waals surface area (Å²) in [4.78, 5) is 44.8. The van der Waals surface area contributed by atoms with E-state index in [0.29, 0.717) is 36.1 Å². The topological polar surface area (TPSA) is 84.3 Å². The summed E-state index contributed by atoms with van der Waals surface area (Å²) in [6, 6.07) is 7.87. The largest absolute Gasteiger partial charge is 0.347 e. The summed E-state index contributed by atoms with van der Waals surface area (Å²) >= 11 is 0. The number of hydrogen-bond acceptors (Lipinski definition) is 5. The van der Waals surface area contributed by atoms with Crippen LogP contribution in [-0.4, -0.2) is 52.7 Å². The number of carbonyl (C=O) groups excluding carboxylic acids is 2. The average Bonchev–Trinajstić information content (AvgIpc) is 2.90. The molecule has 0 aliphatic carbocycles. The first-order chi connectivity index (χ1) is 19.8. The van der Waals surface area contributed by atoms with Crippen LogP contribution in [0.4, 0.5) is 13.2 Å². The van der Waals surface area contributed by atoms with E-state index in [-0.39, 0.29) is 30.2 Å². The fourth-order valence-electron chi connectivity index (χ4n) is 4.97. The lowest BCUT2D eigenvalue weighted by Gasteiger charge is -2.26. The van der Waals surface area contributed by atoms with Crippen LogP contribution < -0.4 is 10.9 Å². The summed E-state index contributed by atoms with van der Waals surface area (Å²) in [5, 5.41) is 2.95. The van der Waals surface area contributed by atoms with E-state index in [1.54, 1.807) is 44.4 Å². The lowest BCUT2D eigenvalue weighted by molar-refractivity contribution is -0.126. The van der Waals surface area contributed by atoms with Gasteiger partial charge in [-0.1, -0.05) is 32.0 Å². The Bertz CT molecular complexity index is 1420. The first kappa shape index (κ1) is 32.7. The lowest BCUT2D eigenvalue weighted by atomic mass is 9.96. The monoisotopic (exact) mass is 584 g/mol. The molecule has 2 heterocycles.